The zero-order valence-electron chi connectivity index (χ0n) is 14.1. The summed E-state index contributed by atoms with van der Waals surface area (Å²) in [4.78, 5) is 14.6. The van der Waals surface area contributed by atoms with Gasteiger partial charge in [0.2, 0.25) is 5.82 Å². The molecule has 6 heteroatoms. The zero-order valence-corrected chi connectivity index (χ0v) is 14.8. The minimum absolute atomic E-state index is 0.113. The summed E-state index contributed by atoms with van der Waals surface area (Å²) in [6, 6.07) is 7.38. The van der Waals surface area contributed by atoms with Crippen LogP contribution >= 0.6 is 11.6 Å². The minimum atomic E-state index is -0.113. The molecule has 1 aromatic heterocycles. The predicted molar refractivity (Wildman–Crippen MR) is 93.9 cm³/mol. The lowest BCUT2D eigenvalue weighted by molar-refractivity contribution is -0.145. The van der Waals surface area contributed by atoms with E-state index in [1.54, 1.807) is 0 Å². The highest BCUT2D eigenvalue weighted by Crippen LogP contribution is 2.60. The Morgan fingerprint density at radius 1 is 1.16 bits per heavy atom. The van der Waals surface area contributed by atoms with Gasteiger partial charge in [-0.2, -0.15) is 4.80 Å². The normalized spacial score (nSPS) is 32.9. The number of hydrogen-bond acceptors (Lipinski definition) is 4. The fraction of sp³-hybridized carbons (Fsp3) is 0.579. The zero-order chi connectivity index (χ0) is 17.0. The molecule has 0 spiro atoms. The molecule has 1 aromatic carbocycles. The molecule has 4 bridgehead atoms. The Morgan fingerprint density at radius 3 is 2.48 bits per heavy atom. The fourth-order valence-corrected chi connectivity index (χ4v) is 5.99. The van der Waals surface area contributed by atoms with E-state index in [2.05, 4.69) is 15.4 Å². The maximum atomic E-state index is 13.1. The summed E-state index contributed by atoms with van der Waals surface area (Å²) in [5.41, 5.74) is 0.708. The monoisotopic (exact) mass is 356 g/mol. The summed E-state index contributed by atoms with van der Waals surface area (Å²) in [5.74, 6) is 3.12. The molecule has 4 aliphatic carbocycles. The highest BCUT2D eigenvalue weighted by molar-refractivity contribution is 6.30. The molecule has 0 aliphatic heterocycles. The first kappa shape index (κ1) is 15.5. The third kappa shape index (κ3) is 2.69. The minimum Gasteiger partial charge on any atom is -0.297 e. The van der Waals surface area contributed by atoms with E-state index < -0.39 is 0 Å². The summed E-state index contributed by atoms with van der Waals surface area (Å²) in [7, 11) is 0. The maximum Gasteiger partial charge on any atom is 0.204 e. The highest BCUT2D eigenvalue weighted by Gasteiger charge is 2.54. The van der Waals surface area contributed by atoms with E-state index in [1.165, 1.54) is 24.1 Å². The SMILES string of the molecule is O=C(Cn1nnc(-c2cccc(Cl)c2)n1)C12CC3CC(CC(C3)C1)C2. The number of carbonyl (C=O) groups excluding carboxylic acids is 1. The van der Waals surface area contributed by atoms with E-state index in [1.807, 2.05) is 24.3 Å². The van der Waals surface area contributed by atoms with Gasteiger partial charge >= 0.3 is 0 Å². The number of rotatable bonds is 4. The summed E-state index contributed by atoms with van der Waals surface area (Å²) in [5, 5.41) is 13.2. The van der Waals surface area contributed by atoms with Crippen molar-refractivity contribution in [1.82, 2.24) is 20.2 Å². The summed E-state index contributed by atoms with van der Waals surface area (Å²) >= 11 is 6.03. The van der Waals surface area contributed by atoms with Gasteiger partial charge in [0.05, 0.1) is 0 Å². The van der Waals surface area contributed by atoms with E-state index >= 15 is 0 Å². The van der Waals surface area contributed by atoms with Crippen molar-refractivity contribution in [2.45, 2.75) is 45.1 Å². The second-order valence-corrected chi connectivity index (χ2v) is 8.71. The van der Waals surface area contributed by atoms with Gasteiger partial charge in [-0.15, -0.1) is 10.2 Å². The molecular formula is C19H21ClN4O. The van der Waals surface area contributed by atoms with Crippen molar-refractivity contribution in [2.75, 3.05) is 0 Å². The van der Waals surface area contributed by atoms with Crippen LogP contribution in [-0.4, -0.2) is 26.0 Å². The molecule has 0 saturated heterocycles. The molecule has 25 heavy (non-hydrogen) atoms. The molecule has 0 radical (unpaired) electrons. The van der Waals surface area contributed by atoms with Gasteiger partial charge in [-0.05, 0) is 73.6 Å². The van der Waals surface area contributed by atoms with Crippen LogP contribution in [0.4, 0.5) is 0 Å². The fourth-order valence-electron chi connectivity index (χ4n) is 5.80. The van der Waals surface area contributed by atoms with E-state index in [-0.39, 0.29) is 12.0 Å². The lowest BCUT2D eigenvalue weighted by Crippen LogP contribution is -2.50. The number of halogens is 1. The molecule has 0 atom stereocenters. The molecule has 0 N–H and O–H groups in total. The highest BCUT2D eigenvalue weighted by atomic mass is 35.5. The van der Waals surface area contributed by atoms with Crippen LogP contribution in [0.5, 0.6) is 0 Å². The van der Waals surface area contributed by atoms with Crippen molar-refractivity contribution in [3.63, 3.8) is 0 Å². The lowest BCUT2D eigenvalue weighted by Gasteiger charge is -2.55. The smallest absolute Gasteiger partial charge is 0.204 e. The van der Waals surface area contributed by atoms with E-state index in [0.717, 1.165) is 42.6 Å². The van der Waals surface area contributed by atoms with Gasteiger partial charge in [0, 0.05) is 16.0 Å². The predicted octanol–water partition coefficient (Wildman–Crippen LogP) is 3.78. The van der Waals surface area contributed by atoms with Gasteiger partial charge in [-0.3, -0.25) is 4.79 Å². The molecule has 6 rings (SSSR count). The Labute approximate surface area is 151 Å². The molecule has 1 heterocycles. The van der Waals surface area contributed by atoms with Crippen molar-refractivity contribution < 1.29 is 4.79 Å². The number of Topliss-reactive ketones (excluding diaryl/α,β-unsaturated/α-hetero) is 1. The standard InChI is InChI=1S/C19H21ClN4O/c20-16-3-1-2-15(7-16)18-21-23-24(22-18)11-17(25)19-8-12-4-13(9-19)6-14(5-12)10-19/h1-3,7,12-14H,4-6,8-11H2. The number of nitrogens with zero attached hydrogens (tertiary/aromatic N) is 4. The van der Waals surface area contributed by atoms with E-state index in [0.29, 0.717) is 16.6 Å². The van der Waals surface area contributed by atoms with Gasteiger partial charge in [0.25, 0.3) is 0 Å². The molecule has 130 valence electrons. The van der Waals surface area contributed by atoms with Crippen LogP contribution in [0.15, 0.2) is 24.3 Å². The summed E-state index contributed by atoms with van der Waals surface area (Å²) in [6.45, 7) is 0.236. The molecule has 5 nitrogen and oxygen atoms in total. The Bertz CT molecular complexity index is 795. The van der Waals surface area contributed by atoms with Gasteiger partial charge in [0.1, 0.15) is 6.54 Å². The number of ketones is 1. The Kier molecular flexibility index (Phi) is 3.49. The quantitative estimate of drug-likeness (QED) is 0.836. The molecule has 4 fully saturated rings. The van der Waals surface area contributed by atoms with E-state index in [4.69, 9.17) is 11.6 Å². The Balaban J connectivity index is 1.35. The van der Waals surface area contributed by atoms with Gasteiger partial charge in [0.15, 0.2) is 5.78 Å². The number of tetrazole rings is 1. The van der Waals surface area contributed by atoms with Crippen LogP contribution in [0.25, 0.3) is 11.4 Å². The first-order valence-corrected chi connectivity index (χ1v) is 9.54. The molecule has 0 amide bonds. The molecule has 0 unspecified atom stereocenters. The first-order valence-electron chi connectivity index (χ1n) is 9.17. The number of carbonyl (C=O) groups is 1. The molecule has 4 aliphatic rings. The van der Waals surface area contributed by atoms with Crippen LogP contribution in [0.1, 0.15) is 38.5 Å². The summed E-state index contributed by atoms with van der Waals surface area (Å²) < 4.78 is 0. The average molecular weight is 357 g/mol. The van der Waals surface area contributed by atoms with Crippen LogP contribution < -0.4 is 0 Å². The van der Waals surface area contributed by atoms with Crippen LogP contribution in [-0.2, 0) is 11.3 Å². The van der Waals surface area contributed by atoms with Gasteiger partial charge in [-0.25, -0.2) is 0 Å². The van der Waals surface area contributed by atoms with Crippen LogP contribution in [0, 0.1) is 23.2 Å². The summed E-state index contributed by atoms with van der Waals surface area (Å²) in [6.07, 6.45) is 7.25. The second-order valence-electron chi connectivity index (χ2n) is 8.27. The van der Waals surface area contributed by atoms with Crippen molar-refractivity contribution in [2.24, 2.45) is 23.2 Å². The third-order valence-corrected chi connectivity index (χ3v) is 6.69. The van der Waals surface area contributed by atoms with Crippen LogP contribution in [0.2, 0.25) is 5.02 Å². The van der Waals surface area contributed by atoms with Crippen LogP contribution in [0.3, 0.4) is 0 Å². The maximum absolute atomic E-state index is 13.1. The lowest BCUT2D eigenvalue weighted by atomic mass is 9.48. The Morgan fingerprint density at radius 2 is 1.84 bits per heavy atom. The number of benzene rings is 1. The first-order chi connectivity index (χ1) is 12.1. The molecule has 2 aromatic rings. The van der Waals surface area contributed by atoms with Gasteiger partial charge < -0.3 is 0 Å². The van der Waals surface area contributed by atoms with E-state index in [9.17, 15) is 4.79 Å². The topological polar surface area (TPSA) is 60.7 Å². The van der Waals surface area contributed by atoms with Crippen molar-refractivity contribution in [1.29, 1.82) is 0 Å². The van der Waals surface area contributed by atoms with Crippen molar-refractivity contribution >= 4 is 17.4 Å². The molecular weight excluding hydrogens is 336 g/mol. The number of hydrogen-bond donors (Lipinski definition) is 0. The average Bonchev–Trinajstić information content (AvgIpc) is 3.02. The molecule has 4 saturated carbocycles. The van der Waals surface area contributed by atoms with Crippen molar-refractivity contribution in [3.8, 4) is 11.4 Å². The third-order valence-electron chi connectivity index (χ3n) is 6.45. The van der Waals surface area contributed by atoms with Gasteiger partial charge in [-0.1, -0.05) is 23.7 Å². The number of aromatic nitrogens is 4. The largest absolute Gasteiger partial charge is 0.297 e. The Hall–Kier alpha value is -1.75. The second kappa shape index (κ2) is 5.63. The van der Waals surface area contributed by atoms with Crippen molar-refractivity contribution in [3.05, 3.63) is 29.3 Å².